The summed E-state index contributed by atoms with van der Waals surface area (Å²) in [4.78, 5) is 18.5. The highest BCUT2D eigenvalue weighted by atomic mass is 32.1. The van der Waals surface area contributed by atoms with Gasteiger partial charge in [-0.1, -0.05) is 24.7 Å². The van der Waals surface area contributed by atoms with Gasteiger partial charge in [-0.05, 0) is 12.3 Å². The van der Waals surface area contributed by atoms with Crippen LogP contribution in [0.15, 0.2) is 0 Å². The third-order valence-electron chi connectivity index (χ3n) is 2.99. The largest absolute Gasteiger partial charge is 0.382 e. The highest BCUT2D eigenvalue weighted by Gasteiger charge is 2.37. The van der Waals surface area contributed by atoms with Crippen molar-refractivity contribution in [2.75, 3.05) is 24.7 Å². The molecule has 0 aromatic carbocycles. The molecule has 1 saturated carbocycles. The molecule has 17 heavy (non-hydrogen) atoms. The predicted octanol–water partition coefficient (Wildman–Crippen LogP) is 1.32. The SMILES string of the molecule is CCC1CC1NC(=O)c1sc(N(C)C)nc1N. The first-order chi connectivity index (χ1) is 8.02. The Morgan fingerprint density at radius 3 is 2.82 bits per heavy atom. The molecule has 2 unspecified atom stereocenters. The molecule has 0 bridgehead atoms. The Morgan fingerprint density at radius 1 is 1.65 bits per heavy atom. The average molecular weight is 254 g/mol. The van der Waals surface area contributed by atoms with Crippen LogP contribution in [-0.4, -0.2) is 31.0 Å². The summed E-state index contributed by atoms with van der Waals surface area (Å²) in [5, 5.41) is 3.76. The molecule has 0 aliphatic heterocycles. The molecule has 5 nitrogen and oxygen atoms in total. The second-order valence-corrected chi connectivity index (χ2v) is 5.57. The van der Waals surface area contributed by atoms with Gasteiger partial charge >= 0.3 is 0 Å². The van der Waals surface area contributed by atoms with Crippen molar-refractivity contribution in [1.29, 1.82) is 0 Å². The fourth-order valence-corrected chi connectivity index (χ4v) is 2.59. The topological polar surface area (TPSA) is 71.2 Å². The van der Waals surface area contributed by atoms with E-state index in [1.54, 1.807) is 0 Å². The molecule has 1 aromatic rings. The molecular formula is C11H18N4OS. The number of hydrogen-bond acceptors (Lipinski definition) is 5. The van der Waals surface area contributed by atoms with E-state index in [2.05, 4.69) is 17.2 Å². The molecule has 1 heterocycles. The Bertz CT molecular complexity index is 429. The maximum Gasteiger partial charge on any atom is 0.265 e. The van der Waals surface area contributed by atoms with Crippen LogP contribution >= 0.6 is 11.3 Å². The van der Waals surface area contributed by atoms with Gasteiger partial charge in [0.25, 0.3) is 5.91 Å². The summed E-state index contributed by atoms with van der Waals surface area (Å²) >= 11 is 1.33. The van der Waals surface area contributed by atoms with Crippen molar-refractivity contribution in [2.45, 2.75) is 25.8 Å². The number of amides is 1. The maximum absolute atomic E-state index is 12.0. The molecule has 1 aliphatic rings. The minimum Gasteiger partial charge on any atom is -0.382 e. The van der Waals surface area contributed by atoms with Crippen molar-refractivity contribution in [2.24, 2.45) is 5.92 Å². The van der Waals surface area contributed by atoms with Gasteiger partial charge < -0.3 is 16.0 Å². The average Bonchev–Trinajstić information content (AvgIpc) is 2.89. The van der Waals surface area contributed by atoms with Crippen molar-refractivity contribution >= 4 is 28.2 Å². The molecule has 1 fully saturated rings. The van der Waals surface area contributed by atoms with Gasteiger partial charge in [0.05, 0.1) is 0 Å². The first-order valence-electron chi connectivity index (χ1n) is 5.77. The number of carbonyl (C=O) groups excluding carboxylic acids is 1. The zero-order valence-electron chi connectivity index (χ0n) is 10.4. The number of hydrogen-bond donors (Lipinski definition) is 2. The molecule has 2 atom stereocenters. The monoisotopic (exact) mass is 254 g/mol. The maximum atomic E-state index is 12.0. The number of nitrogen functional groups attached to an aromatic ring is 1. The van der Waals surface area contributed by atoms with Crippen LogP contribution in [0.25, 0.3) is 0 Å². The fraction of sp³-hybridized carbons (Fsp3) is 0.636. The molecular weight excluding hydrogens is 236 g/mol. The normalized spacial score (nSPS) is 22.3. The van der Waals surface area contributed by atoms with Gasteiger partial charge in [0.15, 0.2) is 5.13 Å². The number of aromatic nitrogens is 1. The molecule has 0 radical (unpaired) electrons. The highest BCUT2D eigenvalue weighted by molar-refractivity contribution is 7.18. The molecule has 6 heteroatoms. The molecule has 1 aromatic heterocycles. The van der Waals surface area contributed by atoms with Gasteiger partial charge in [0.1, 0.15) is 10.7 Å². The Kier molecular flexibility index (Phi) is 3.24. The summed E-state index contributed by atoms with van der Waals surface area (Å²) in [5.41, 5.74) is 5.76. The highest BCUT2D eigenvalue weighted by Crippen LogP contribution is 2.34. The van der Waals surface area contributed by atoms with Crippen molar-refractivity contribution in [3.05, 3.63) is 4.88 Å². The molecule has 1 aliphatic carbocycles. The van der Waals surface area contributed by atoms with Gasteiger partial charge in [-0.3, -0.25) is 4.79 Å². The van der Waals surface area contributed by atoms with Gasteiger partial charge in [0, 0.05) is 20.1 Å². The van der Waals surface area contributed by atoms with E-state index in [-0.39, 0.29) is 5.91 Å². The van der Waals surface area contributed by atoms with Crippen molar-refractivity contribution in [3.8, 4) is 0 Å². The zero-order valence-corrected chi connectivity index (χ0v) is 11.2. The van der Waals surface area contributed by atoms with Crippen LogP contribution in [0.2, 0.25) is 0 Å². The lowest BCUT2D eigenvalue weighted by Crippen LogP contribution is -2.26. The molecule has 94 valence electrons. The van der Waals surface area contributed by atoms with E-state index < -0.39 is 0 Å². The summed E-state index contributed by atoms with van der Waals surface area (Å²) in [5.74, 6) is 0.875. The van der Waals surface area contributed by atoms with E-state index in [0.29, 0.717) is 22.7 Å². The minimum absolute atomic E-state index is 0.0888. The number of rotatable bonds is 4. The zero-order chi connectivity index (χ0) is 12.6. The number of nitrogens with two attached hydrogens (primary N) is 1. The molecule has 2 rings (SSSR count). The first kappa shape index (κ1) is 12.2. The standard InChI is InChI=1S/C11H18N4OS/c1-4-6-5-7(6)13-10(16)8-9(12)14-11(17-8)15(2)3/h6-7H,4-5,12H2,1-3H3,(H,13,16). The van der Waals surface area contributed by atoms with E-state index in [1.165, 1.54) is 11.3 Å². The summed E-state index contributed by atoms with van der Waals surface area (Å²) in [6, 6.07) is 0.330. The van der Waals surface area contributed by atoms with Gasteiger partial charge in [-0.15, -0.1) is 0 Å². The Balaban J connectivity index is 2.04. The minimum atomic E-state index is -0.0888. The number of nitrogens with zero attached hydrogens (tertiary/aromatic N) is 2. The summed E-state index contributed by atoms with van der Waals surface area (Å²) in [6.45, 7) is 2.14. The van der Waals surface area contributed by atoms with Crippen LogP contribution < -0.4 is 16.0 Å². The number of carbonyl (C=O) groups is 1. The van der Waals surface area contributed by atoms with Crippen molar-refractivity contribution in [1.82, 2.24) is 10.3 Å². The van der Waals surface area contributed by atoms with E-state index in [1.807, 2.05) is 19.0 Å². The van der Waals surface area contributed by atoms with Crippen LogP contribution in [0.5, 0.6) is 0 Å². The molecule has 3 N–H and O–H groups in total. The Morgan fingerprint density at radius 2 is 2.35 bits per heavy atom. The van der Waals surface area contributed by atoms with E-state index >= 15 is 0 Å². The van der Waals surface area contributed by atoms with Crippen LogP contribution in [0, 0.1) is 5.92 Å². The third-order valence-corrected chi connectivity index (χ3v) is 4.23. The van der Waals surface area contributed by atoms with Gasteiger partial charge in [-0.2, -0.15) is 0 Å². The second-order valence-electron chi connectivity index (χ2n) is 4.59. The van der Waals surface area contributed by atoms with Crippen LogP contribution in [-0.2, 0) is 0 Å². The second kappa shape index (κ2) is 4.52. The fourth-order valence-electron chi connectivity index (χ4n) is 1.78. The molecule has 0 saturated heterocycles. The van der Waals surface area contributed by atoms with Crippen molar-refractivity contribution < 1.29 is 4.79 Å². The molecule has 1 amide bonds. The van der Waals surface area contributed by atoms with Gasteiger partial charge in [-0.25, -0.2) is 4.98 Å². The lowest BCUT2D eigenvalue weighted by atomic mass is 10.3. The predicted molar refractivity (Wildman–Crippen MR) is 70.5 cm³/mol. The van der Waals surface area contributed by atoms with E-state index in [4.69, 9.17) is 5.73 Å². The summed E-state index contributed by atoms with van der Waals surface area (Å²) < 4.78 is 0. The number of nitrogens with one attached hydrogen (secondary N) is 1. The number of thiazole rings is 1. The Hall–Kier alpha value is -1.30. The Labute approximate surface area is 105 Å². The van der Waals surface area contributed by atoms with E-state index in [9.17, 15) is 4.79 Å². The van der Waals surface area contributed by atoms with Crippen LogP contribution in [0.1, 0.15) is 29.4 Å². The first-order valence-corrected chi connectivity index (χ1v) is 6.59. The lowest BCUT2D eigenvalue weighted by Gasteiger charge is -2.05. The van der Waals surface area contributed by atoms with Crippen LogP contribution in [0.4, 0.5) is 10.9 Å². The smallest absolute Gasteiger partial charge is 0.265 e. The third kappa shape index (κ3) is 2.52. The lowest BCUT2D eigenvalue weighted by molar-refractivity contribution is 0.0953. The van der Waals surface area contributed by atoms with E-state index in [0.717, 1.165) is 18.0 Å². The van der Waals surface area contributed by atoms with Gasteiger partial charge in [0.2, 0.25) is 0 Å². The summed E-state index contributed by atoms with van der Waals surface area (Å²) in [6.07, 6.45) is 2.20. The molecule has 0 spiro atoms. The van der Waals surface area contributed by atoms with Crippen molar-refractivity contribution in [3.63, 3.8) is 0 Å². The number of anilines is 2. The quantitative estimate of drug-likeness (QED) is 0.850. The van der Waals surface area contributed by atoms with Crippen LogP contribution in [0.3, 0.4) is 0 Å². The summed E-state index contributed by atoms with van der Waals surface area (Å²) in [7, 11) is 3.77.